The second-order valence-electron chi connectivity index (χ2n) is 2.33. The van der Waals surface area contributed by atoms with Crippen molar-refractivity contribution in [2.75, 3.05) is 6.61 Å². The highest BCUT2D eigenvalue weighted by Crippen LogP contribution is 2.21. The summed E-state index contributed by atoms with van der Waals surface area (Å²) in [6.07, 6.45) is 3.11. The lowest BCUT2D eigenvalue weighted by Crippen LogP contribution is -2.13. The first-order chi connectivity index (χ1) is 4.34. The third-order valence-electron chi connectivity index (χ3n) is 1.65. The van der Waals surface area contributed by atoms with E-state index in [-0.39, 0.29) is 0 Å². The molecule has 1 fully saturated rings. The lowest BCUT2D eigenvalue weighted by molar-refractivity contribution is -0.0813. The van der Waals surface area contributed by atoms with Crippen LogP contribution in [0.3, 0.4) is 0 Å². The summed E-state index contributed by atoms with van der Waals surface area (Å²) >= 11 is 0. The molecule has 1 aliphatic rings. The maximum Gasteiger partial charge on any atom is 0.157 e. The SMILES string of the molecule is C=CC[C@@H]1CCO[C@@H]1O. The van der Waals surface area contributed by atoms with E-state index in [9.17, 15) is 0 Å². The van der Waals surface area contributed by atoms with Crippen molar-refractivity contribution >= 4 is 0 Å². The summed E-state index contributed by atoms with van der Waals surface area (Å²) in [5, 5.41) is 9.05. The van der Waals surface area contributed by atoms with Crippen molar-refractivity contribution in [3.8, 4) is 0 Å². The van der Waals surface area contributed by atoms with Crippen LogP contribution in [0.1, 0.15) is 12.8 Å². The Morgan fingerprint density at radius 2 is 2.56 bits per heavy atom. The van der Waals surface area contributed by atoms with Crippen molar-refractivity contribution < 1.29 is 9.84 Å². The molecular weight excluding hydrogens is 116 g/mol. The number of ether oxygens (including phenoxy) is 1. The van der Waals surface area contributed by atoms with Crippen LogP contribution in [0, 0.1) is 5.92 Å². The molecule has 1 heterocycles. The third-order valence-corrected chi connectivity index (χ3v) is 1.65. The quantitative estimate of drug-likeness (QED) is 0.560. The molecule has 0 radical (unpaired) electrons. The highest BCUT2D eigenvalue weighted by atomic mass is 16.6. The summed E-state index contributed by atoms with van der Waals surface area (Å²) in [5.74, 6) is 0.294. The van der Waals surface area contributed by atoms with E-state index in [2.05, 4.69) is 6.58 Å². The fourth-order valence-corrected chi connectivity index (χ4v) is 1.07. The summed E-state index contributed by atoms with van der Waals surface area (Å²) in [6, 6.07) is 0. The van der Waals surface area contributed by atoms with Crippen LogP contribution in [0.5, 0.6) is 0 Å². The van der Waals surface area contributed by atoms with Crippen molar-refractivity contribution in [3.05, 3.63) is 12.7 Å². The van der Waals surface area contributed by atoms with Gasteiger partial charge in [-0.2, -0.15) is 0 Å². The van der Waals surface area contributed by atoms with Crippen LogP contribution in [0.15, 0.2) is 12.7 Å². The van der Waals surface area contributed by atoms with Gasteiger partial charge in [-0.15, -0.1) is 6.58 Å². The van der Waals surface area contributed by atoms with E-state index < -0.39 is 6.29 Å². The first-order valence-corrected chi connectivity index (χ1v) is 3.25. The molecule has 9 heavy (non-hydrogen) atoms. The highest BCUT2D eigenvalue weighted by molar-refractivity contribution is 4.77. The maximum atomic E-state index is 9.05. The topological polar surface area (TPSA) is 29.5 Å². The standard InChI is InChI=1S/C7H12O2/c1-2-3-6-4-5-9-7(6)8/h2,6-8H,1,3-5H2/t6-,7+/m1/s1. The Hall–Kier alpha value is -0.340. The van der Waals surface area contributed by atoms with Gasteiger partial charge in [0, 0.05) is 5.92 Å². The van der Waals surface area contributed by atoms with Crippen LogP contribution in [-0.2, 0) is 4.74 Å². The molecule has 2 nitrogen and oxygen atoms in total. The first kappa shape index (κ1) is 6.78. The van der Waals surface area contributed by atoms with Gasteiger partial charge in [-0.05, 0) is 12.8 Å². The zero-order valence-corrected chi connectivity index (χ0v) is 5.42. The smallest absolute Gasteiger partial charge is 0.157 e. The van der Waals surface area contributed by atoms with E-state index in [0.717, 1.165) is 12.8 Å². The lowest BCUT2D eigenvalue weighted by atomic mass is 10.0. The third kappa shape index (κ3) is 1.53. The molecule has 0 spiro atoms. The molecule has 52 valence electrons. The van der Waals surface area contributed by atoms with E-state index in [1.165, 1.54) is 0 Å². The monoisotopic (exact) mass is 128 g/mol. The van der Waals surface area contributed by atoms with Gasteiger partial charge in [0.15, 0.2) is 6.29 Å². The Labute approximate surface area is 55.1 Å². The summed E-state index contributed by atoms with van der Waals surface area (Å²) in [6.45, 7) is 4.29. The zero-order valence-electron chi connectivity index (χ0n) is 5.42. The van der Waals surface area contributed by atoms with E-state index in [4.69, 9.17) is 9.84 Å². The lowest BCUT2D eigenvalue weighted by Gasteiger charge is -2.08. The van der Waals surface area contributed by atoms with Gasteiger partial charge >= 0.3 is 0 Å². The molecular formula is C7H12O2. The van der Waals surface area contributed by atoms with Crippen molar-refractivity contribution in [2.45, 2.75) is 19.1 Å². The fraction of sp³-hybridized carbons (Fsp3) is 0.714. The number of allylic oxidation sites excluding steroid dienone is 1. The van der Waals surface area contributed by atoms with E-state index in [1.54, 1.807) is 0 Å². The van der Waals surface area contributed by atoms with Gasteiger partial charge in [-0.1, -0.05) is 6.08 Å². The normalized spacial score (nSPS) is 34.8. The molecule has 0 aromatic carbocycles. The molecule has 0 unspecified atom stereocenters. The van der Waals surface area contributed by atoms with Crippen LogP contribution in [0.25, 0.3) is 0 Å². The maximum absolute atomic E-state index is 9.05. The van der Waals surface area contributed by atoms with E-state index in [1.807, 2.05) is 6.08 Å². The van der Waals surface area contributed by atoms with Gasteiger partial charge in [0.25, 0.3) is 0 Å². The number of rotatable bonds is 2. The molecule has 1 aliphatic heterocycles. The minimum Gasteiger partial charge on any atom is -0.368 e. The van der Waals surface area contributed by atoms with Gasteiger partial charge in [0.1, 0.15) is 0 Å². The van der Waals surface area contributed by atoms with Crippen LogP contribution in [0.2, 0.25) is 0 Å². The summed E-state index contributed by atoms with van der Waals surface area (Å²) in [7, 11) is 0. The summed E-state index contributed by atoms with van der Waals surface area (Å²) in [5.41, 5.74) is 0. The van der Waals surface area contributed by atoms with Crippen LogP contribution in [0.4, 0.5) is 0 Å². The molecule has 1 saturated heterocycles. The summed E-state index contributed by atoms with van der Waals surface area (Å²) in [4.78, 5) is 0. The fourth-order valence-electron chi connectivity index (χ4n) is 1.07. The van der Waals surface area contributed by atoms with Crippen LogP contribution >= 0.6 is 0 Å². The number of hydrogen-bond donors (Lipinski definition) is 1. The van der Waals surface area contributed by atoms with Gasteiger partial charge in [-0.25, -0.2) is 0 Å². The van der Waals surface area contributed by atoms with Crippen molar-refractivity contribution in [2.24, 2.45) is 5.92 Å². The van der Waals surface area contributed by atoms with E-state index in [0.29, 0.717) is 12.5 Å². The molecule has 0 amide bonds. The Kier molecular flexibility index (Phi) is 2.25. The first-order valence-electron chi connectivity index (χ1n) is 3.25. The second-order valence-corrected chi connectivity index (χ2v) is 2.33. The number of hydrogen-bond acceptors (Lipinski definition) is 2. The number of aliphatic hydroxyl groups excluding tert-OH is 1. The molecule has 2 heteroatoms. The average Bonchev–Trinajstić information content (AvgIpc) is 2.18. The van der Waals surface area contributed by atoms with Crippen molar-refractivity contribution in [1.82, 2.24) is 0 Å². The Balaban J connectivity index is 2.30. The largest absolute Gasteiger partial charge is 0.368 e. The number of aliphatic hydroxyl groups is 1. The zero-order chi connectivity index (χ0) is 6.69. The van der Waals surface area contributed by atoms with Crippen LogP contribution < -0.4 is 0 Å². The molecule has 0 saturated carbocycles. The Bertz CT molecular complexity index is 101. The Morgan fingerprint density at radius 1 is 1.78 bits per heavy atom. The molecule has 1 rings (SSSR count). The molecule has 2 atom stereocenters. The van der Waals surface area contributed by atoms with Crippen molar-refractivity contribution in [3.63, 3.8) is 0 Å². The molecule has 0 aliphatic carbocycles. The highest BCUT2D eigenvalue weighted by Gasteiger charge is 2.24. The minimum absolute atomic E-state index is 0.294. The molecule has 0 aromatic heterocycles. The average molecular weight is 128 g/mol. The predicted molar refractivity (Wildman–Crippen MR) is 34.9 cm³/mol. The minimum atomic E-state index is -0.539. The summed E-state index contributed by atoms with van der Waals surface area (Å²) < 4.78 is 4.93. The van der Waals surface area contributed by atoms with Gasteiger partial charge in [0.2, 0.25) is 0 Å². The van der Waals surface area contributed by atoms with Crippen LogP contribution in [-0.4, -0.2) is 18.0 Å². The second kappa shape index (κ2) is 2.99. The molecule has 1 N–H and O–H groups in total. The molecule has 0 aromatic rings. The van der Waals surface area contributed by atoms with Gasteiger partial charge in [-0.3, -0.25) is 0 Å². The Morgan fingerprint density at radius 3 is 3.00 bits per heavy atom. The van der Waals surface area contributed by atoms with Gasteiger partial charge < -0.3 is 9.84 Å². The van der Waals surface area contributed by atoms with E-state index >= 15 is 0 Å². The van der Waals surface area contributed by atoms with Gasteiger partial charge in [0.05, 0.1) is 6.61 Å². The predicted octanol–water partition coefficient (Wildman–Crippen LogP) is 0.917. The molecule has 0 bridgehead atoms. The van der Waals surface area contributed by atoms with Crippen molar-refractivity contribution in [1.29, 1.82) is 0 Å².